The molecule has 0 unspecified atom stereocenters. The van der Waals surface area contributed by atoms with Crippen molar-refractivity contribution in [3.8, 4) is 5.75 Å². The van der Waals surface area contributed by atoms with E-state index in [2.05, 4.69) is 5.32 Å². The van der Waals surface area contributed by atoms with Crippen LogP contribution in [-0.2, 0) is 14.3 Å². The van der Waals surface area contributed by atoms with Crippen molar-refractivity contribution in [2.75, 3.05) is 11.9 Å². The van der Waals surface area contributed by atoms with Gasteiger partial charge < -0.3 is 14.8 Å². The highest BCUT2D eigenvalue weighted by Gasteiger charge is 2.17. The highest BCUT2D eigenvalue weighted by atomic mass is 19.1. The molecular formula is C21H22FNO4. The van der Waals surface area contributed by atoms with Crippen molar-refractivity contribution in [2.45, 2.75) is 26.9 Å². The van der Waals surface area contributed by atoms with E-state index in [-0.39, 0.29) is 0 Å². The van der Waals surface area contributed by atoms with Crippen LogP contribution in [0.25, 0.3) is 6.08 Å². The summed E-state index contributed by atoms with van der Waals surface area (Å²) >= 11 is 0. The number of esters is 1. The van der Waals surface area contributed by atoms with Gasteiger partial charge in [0.15, 0.2) is 6.10 Å². The highest BCUT2D eigenvalue weighted by Crippen LogP contribution is 2.19. The van der Waals surface area contributed by atoms with Gasteiger partial charge in [-0.3, -0.25) is 4.79 Å². The Morgan fingerprint density at radius 1 is 1.22 bits per heavy atom. The number of rotatable bonds is 7. The molecule has 0 bridgehead atoms. The van der Waals surface area contributed by atoms with E-state index in [0.29, 0.717) is 23.6 Å². The number of carbonyl (C=O) groups excluding carboxylic acids is 2. The fourth-order valence-electron chi connectivity index (χ4n) is 2.24. The molecule has 0 aliphatic heterocycles. The number of ether oxygens (including phenoxy) is 2. The van der Waals surface area contributed by atoms with Gasteiger partial charge in [-0.1, -0.05) is 24.3 Å². The maximum absolute atomic E-state index is 13.5. The number of amides is 1. The van der Waals surface area contributed by atoms with Crippen molar-refractivity contribution in [1.29, 1.82) is 0 Å². The van der Waals surface area contributed by atoms with Gasteiger partial charge in [-0.2, -0.15) is 0 Å². The van der Waals surface area contributed by atoms with Crippen molar-refractivity contribution in [3.63, 3.8) is 0 Å². The van der Waals surface area contributed by atoms with Crippen molar-refractivity contribution in [3.05, 3.63) is 65.5 Å². The van der Waals surface area contributed by atoms with Gasteiger partial charge in [-0.15, -0.1) is 0 Å². The van der Waals surface area contributed by atoms with Crippen LogP contribution in [0.5, 0.6) is 5.75 Å². The van der Waals surface area contributed by atoms with Crippen LogP contribution in [0.2, 0.25) is 0 Å². The van der Waals surface area contributed by atoms with Crippen molar-refractivity contribution in [2.24, 2.45) is 0 Å². The van der Waals surface area contributed by atoms with E-state index in [1.807, 2.05) is 19.1 Å². The van der Waals surface area contributed by atoms with Gasteiger partial charge in [0.05, 0.1) is 6.61 Å². The fraction of sp³-hybridized carbons (Fsp3) is 0.238. The van der Waals surface area contributed by atoms with Crippen LogP contribution in [0.4, 0.5) is 10.1 Å². The lowest BCUT2D eigenvalue weighted by Gasteiger charge is -2.13. The number of aryl methyl sites for hydroxylation is 1. The lowest BCUT2D eigenvalue weighted by molar-refractivity contribution is -0.148. The van der Waals surface area contributed by atoms with Crippen LogP contribution in [0.3, 0.4) is 0 Å². The summed E-state index contributed by atoms with van der Waals surface area (Å²) in [6.07, 6.45) is 1.76. The molecule has 27 heavy (non-hydrogen) atoms. The minimum Gasteiger partial charge on any atom is -0.493 e. The van der Waals surface area contributed by atoms with Gasteiger partial charge in [0.2, 0.25) is 0 Å². The van der Waals surface area contributed by atoms with Gasteiger partial charge in [0, 0.05) is 17.3 Å². The molecule has 1 atom stereocenters. The van der Waals surface area contributed by atoms with Crippen molar-refractivity contribution >= 4 is 23.6 Å². The predicted molar refractivity (Wildman–Crippen MR) is 102 cm³/mol. The Hall–Kier alpha value is -3.15. The molecule has 2 aromatic carbocycles. The van der Waals surface area contributed by atoms with E-state index in [0.717, 1.165) is 5.56 Å². The molecule has 142 valence electrons. The predicted octanol–water partition coefficient (Wildman–Crippen LogP) is 4.12. The molecule has 1 N–H and O–H groups in total. The topological polar surface area (TPSA) is 64.6 Å². The Bertz CT molecular complexity index is 848. The monoisotopic (exact) mass is 371 g/mol. The van der Waals surface area contributed by atoms with E-state index in [1.54, 1.807) is 37.3 Å². The summed E-state index contributed by atoms with van der Waals surface area (Å²) in [5, 5.41) is 2.51. The number of hydrogen-bond donors (Lipinski definition) is 1. The first kappa shape index (κ1) is 20.2. The van der Waals surface area contributed by atoms with Crippen LogP contribution < -0.4 is 10.1 Å². The molecule has 2 aromatic rings. The Morgan fingerprint density at radius 3 is 2.67 bits per heavy atom. The molecule has 0 radical (unpaired) electrons. The van der Waals surface area contributed by atoms with E-state index in [1.165, 1.54) is 19.1 Å². The van der Waals surface area contributed by atoms with Crippen LogP contribution in [0, 0.1) is 12.7 Å². The minimum absolute atomic E-state index is 0.298. The SMILES string of the molecule is CCOc1ccccc1/C=C/C(=O)O[C@H](C)C(=O)Nc1ccc(C)c(F)c1. The third kappa shape index (κ3) is 5.95. The third-order valence-electron chi connectivity index (χ3n) is 3.72. The van der Waals surface area contributed by atoms with E-state index >= 15 is 0 Å². The molecule has 0 aromatic heterocycles. The van der Waals surface area contributed by atoms with Gasteiger partial charge in [-0.05, 0) is 50.6 Å². The van der Waals surface area contributed by atoms with Crippen LogP contribution in [0.15, 0.2) is 48.5 Å². The van der Waals surface area contributed by atoms with Crippen molar-refractivity contribution in [1.82, 2.24) is 0 Å². The number of hydrogen-bond acceptors (Lipinski definition) is 4. The van der Waals surface area contributed by atoms with E-state index < -0.39 is 23.8 Å². The summed E-state index contributed by atoms with van der Waals surface area (Å²) in [6.45, 7) is 5.45. The second-order valence-corrected chi connectivity index (χ2v) is 5.84. The zero-order valence-corrected chi connectivity index (χ0v) is 15.5. The lowest BCUT2D eigenvalue weighted by Crippen LogP contribution is -2.29. The summed E-state index contributed by atoms with van der Waals surface area (Å²) in [6, 6.07) is 11.6. The normalized spacial score (nSPS) is 11.9. The molecule has 6 heteroatoms. The molecule has 5 nitrogen and oxygen atoms in total. The number of nitrogens with one attached hydrogen (secondary N) is 1. The highest BCUT2D eigenvalue weighted by molar-refractivity contribution is 5.96. The van der Waals surface area contributed by atoms with Crippen LogP contribution in [-0.4, -0.2) is 24.6 Å². The molecule has 1 amide bonds. The minimum atomic E-state index is -1.03. The fourth-order valence-corrected chi connectivity index (χ4v) is 2.24. The summed E-state index contributed by atoms with van der Waals surface area (Å²) < 4.78 is 24.1. The van der Waals surface area contributed by atoms with Crippen molar-refractivity contribution < 1.29 is 23.5 Å². The molecule has 0 saturated heterocycles. The summed E-state index contributed by atoms with van der Waals surface area (Å²) in [5.41, 5.74) is 1.50. The van der Waals surface area contributed by atoms with Gasteiger partial charge in [0.1, 0.15) is 11.6 Å². The molecule has 0 spiro atoms. The number of para-hydroxylation sites is 1. The standard InChI is InChI=1S/C21H22FNO4/c1-4-26-19-8-6-5-7-16(19)10-12-20(24)27-15(3)21(25)23-17-11-9-14(2)18(22)13-17/h5-13,15H,4H2,1-3H3,(H,23,25)/b12-10+/t15-/m1/s1. The molecule has 0 aliphatic rings. The van der Waals surface area contributed by atoms with E-state index in [9.17, 15) is 14.0 Å². The third-order valence-corrected chi connectivity index (χ3v) is 3.72. The van der Waals surface area contributed by atoms with Gasteiger partial charge in [-0.25, -0.2) is 9.18 Å². The smallest absolute Gasteiger partial charge is 0.331 e. The van der Waals surface area contributed by atoms with Crippen LogP contribution in [0.1, 0.15) is 25.0 Å². The average Bonchev–Trinajstić information content (AvgIpc) is 2.64. The summed E-state index contributed by atoms with van der Waals surface area (Å²) in [7, 11) is 0. The largest absolute Gasteiger partial charge is 0.493 e. The lowest BCUT2D eigenvalue weighted by atomic mass is 10.2. The zero-order chi connectivity index (χ0) is 19.8. The van der Waals surface area contributed by atoms with Gasteiger partial charge >= 0.3 is 5.97 Å². The zero-order valence-electron chi connectivity index (χ0n) is 15.5. The molecule has 0 saturated carbocycles. The number of benzene rings is 2. The van der Waals surface area contributed by atoms with E-state index in [4.69, 9.17) is 9.47 Å². The number of halogens is 1. The molecule has 2 rings (SSSR count). The first-order valence-corrected chi connectivity index (χ1v) is 8.58. The second kappa shape index (κ2) is 9.52. The Labute approximate surface area is 157 Å². The summed E-state index contributed by atoms with van der Waals surface area (Å²) in [5.74, 6) is -0.988. The summed E-state index contributed by atoms with van der Waals surface area (Å²) in [4.78, 5) is 24.1. The quantitative estimate of drug-likeness (QED) is 0.587. The maximum Gasteiger partial charge on any atom is 0.331 e. The maximum atomic E-state index is 13.5. The first-order valence-electron chi connectivity index (χ1n) is 8.58. The molecule has 0 heterocycles. The first-order chi connectivity index (χ1) is 12.9. The Kier molecular flexibility index (Phi) is 7.11. The molecule has 0 aliphatic carbocycles. The second-order valence-electron chi connectivity index (χ2n) is 5.84. The van der Waals surface area contributed by atoms with Gasteiger partial charge in [0.25, 0.3) is 5.91 Å². The molecule has 0 fully saturated rings. The Morgan fingerprint density at radius 2 is 1.96 bits per heavy atom. The molecular weight excluding hydrogens is 349 g/mol. The van der Waals surface area contributed by atoms with Crippen LogP contribution >= 0.6 is 0 Å². The average molecular weight is 371 g/mol. The Balaban J connectivity index is 1.94. The number of carbonyl (C=O) groups is 2. The number of anilines is 1.